The van der Waals surface area contributed by atoms with Crippen LogP contribution in [0.3, 0.4) is 0 Å². The molecule has 2 heterocycles. The molecule has 1 aromatic carbocycles. The SMILES string of the molecule is CC(=O)C[C@@H](C)/C=C/c1ccc(Oc2ccc(-c3ncc(F)cn3)cc2Cl)nc1. The van der Waals surface area contributed by atoms with Crippen molar-refractivity contribution in [1.82, 2.24) is 15.0 Å². The van der Waals surface area contributed by atoms with Gasteiger partial charge in [0.2, 0.25) is 5.88 Å². The maximum absolute atomic E-state index is 13.0. The van der Waals surface area contributed by atoms with Crippen LogP contribution in [0.4, 0.5) is 4.39 Å². The second kappa shape index (κ2) is 9.39. The number of hydrogen-bond donors (Lipinski definition) is 0. The summed E-state index contributed by atoms with van der Waals surface area (Å²) in [5.74, 6) is 1.03. The Hall–Kier alpha value is -3.12. The summed E-state index contributed by atoms with van der Waals surface area (Å²) in [7, 11) is 0. The van der Waals surface area contributed by atoms with Crippen LogP contribution in [-0.2, 0) is 4.79 Å². The highest BCUT2D eigenvalue weighted by Crippen LogP contribution is 2.31. The third-order valence-corrected chi connectivity index (χ3v) is 4.31. The van der Waals surface area contributed by atoms with Gasteiger partial charge in [-0.25, -0.2) is 19.3 Å². The molecule has 0 spiro atoms. The van der Waals surface area contributed by atoms with Gasteiger partial charge in [-0.05, 0) is 42.7 Å². The van der Waals surface area contributed by atoms with E-state index in [1.165, 1.54) is 0 Å². The van der Waals surface area contributed by atoms with E-state index in [9.17, 15) is 9.18 Å². The molecule has 3 aromatic rings. The number of ether oxygens (including phenoxy) is 1. The topological polar surface area (TPSA) is 65.0 Å². The van der Waals surface area contributed by atoms with Crippen LogP contribution in [0.5, 0.6) is 11.6 Å². The number of benzene rings is 1. The molecule has 2 aromatic heterocycles. The van der Waals surface area contributed by atoms with Crippen molar-refractivity contribution < 1.29 is 13.9 Å². The van der Waals surface area contributed by atoms with Crippen molar-refractivity contribution in [2.45, 2.75) is 20.3 Å². The predicted octanol–water partition coefficient (Wildman–Crippen LogP) is 5.75. The Labute approximate surface area is 173 Å². The quantitative estimate of drug-likeness (QED) is 0.495. The van der Waals surface area contributed by atoms with Crippen LogP contribution in [0, 0.1) is 11.7 Å². The number of carbonyl (C=O) groups excluding carboxylic acids is 1. The van der Waals surface area contributed by atoms with Gasteiger partial charge >= 0.3 is 0 Å². The number of rotatable bonds is 7. The van der Waals surface area contributed by atoms with E-state index in [4.69, 9.17) is 16.3 Å². The Morgan fingerprint density at radius 2 is 1.93 bits per heavy atom. The lowest BCUT2D eigenvalue weighted by Gasteiger charge is -2.08. The van der Waals surface area contributed by atoms with Gasteiger partial charge in [-0.2, -0.15) is 0 Å². The van der Waals surface area contributed by atoms with Gasteiger partial charge in [-0.1, -0.05) is 30.7 Å². The summed E-state index contributed by atoms with van der Waals surface area (Å²) in [6.45, 7) is 3.58. The average Bonchev–Trinajstić information content (AvgIpc) is 2.69. The number of aromatic nitrogens is 3. The molecule has 0 saturated carbocycles. The molecule has 1 atom stereocenters. The molecule has 5 nitrogen and oxygen atoms in total. The number of hydrogen-bond acceptors (Lipinski definition) is 5. The zero-order chi connectivity index (χ0) is 20.8. The van der Waals surface area contributed by atoms with E-state index >= 15 is 0 Å². The minimum Gasteiger partial charge on any atom is -0.437 e. The lowest BCUT2D eigenvalue weighted by molar-refractivity contribution is -0.117. The lowest BCUT2D eigenvalue weighted by atomic mass is 10.0. The first-order valence-corrected chi connectivity index (χ1v) is 9.37. The van der Waals surface area contributed by atoms with Crippen molar-refractivity contribution in [3.63, 3.8) is 0 Å². The Balaban J connectivity index is 1.67. The lowest BCUT2D eigenvalue weighted by Crippen LogP contribution is -1.97. The number of nitrogens with zero attached hydrogens (tertiary/aromatic N) is 3. The van der Waals surface area contributed by atoms with Gasteiger partial charge in [0.15, 0.2) is 11.6 Å². The van der Waals surface area contributed by atoms with Crippen LogP contribution in [0.2, 0.25) is 5.02 Å². The monoisotopic (exact) mass is 411 g/mol. The average molecular weight is 412 g/mol. The van der Waals surface area contributed by atoms with Crippen LogP contribution in [0.15, 0.2) is 55.0 Å². The fraction of sp³-hybridized carbons (Fsp3) is 0.182. The van der Waals surface area contributed by atoms with Gasteiger partial charge in [0.25, 0.3) is 0 Å². The third-order valence-electron chi connectivity index (χ3n) is 4.01. The molecule has 0 bridgehead atoms. The summed E-state index contributed by atoms with van der Waals surface area (Å²) in [6, 6.07) is 8.68. The van der Waals surface area contributed by atoms with Crippen LogP contribution < -0.4 is 4.74 Å². The molecule has 0 saturated heterocycles. The normalized spacial score (nSPS) is 12.1. The summed E-state index contributed by atoms with van der Waals surface area (Å²) in [4.78, 5) is 23.3. The van der Waals surface area contributed by atoms with Crippen LogP contribution >= 0.6 is 11.6 Å². The van der Waals surface area contributed by atoms with E-state index in [1.807, 2.05) is 25.1 Å². The second-order valence-corrected chi connectivity index (χ2v) is 7.05. The number of carbonyl (C=O) groups is 1. The molecule has 0 radical (unpaired) electrons. The molecule has 29 heavy (non-hydrogen) atoms. The first-order valence-electron chi connectivity index (χ1n) is 8.99. The summed E-state index contributed by atoms with van der Waals surface area (Å²) in [5.41, 5.74) is 1.55. The van der Waals surface area contributed by atoms with Gasteiger partial charge in [0.1, 0.15) is 11.5 Å². The number of Topliss-reactive ketones (excluding diaryl/α,β-unsaturated/α-hetero) is 1. The maximum atomic E-state index is 13.0. The number of halogens is 2. The fourth-order valence-corrected chi connectivity index (χ4v) is 2.86. The van der Waals surface area contributed by atoms with Crippen LogP contribution in [0.25, 0.3) is 17.5 Å². The van der Waals surface area contributed by atoms with Crippen LogP contribution in [-0.4, -0.2) is 20.7 Å². The first-order chi connectivity index (χ1) is 13.9. The van der Waals surface area contributed by atoms with Crippen molar-refractivity contribution in [2.24, 2.45) is 5.92 Å². The van der Waals surface area contributed by atoms with E-state index < -0.39 is 5.82 Å². The van der Waals surface area contributed by atoms with Crippen LogP contribution in [0.1, 0.15) is 25.8 Å². The minimum atomic E-state index is -0.502. The summed E-state index contributed by atoms with van der Waals surface area (Å²) in [6.07, 6.45) is 8.30. The highest BCUT2D eigenvalue weighted by atomic mass is 35.5. The molecule has 0 fully saturated rings. The number of pyridine rings is 1. The molecule has 0 N–H and O–H groups in total. The van der Waals surface area contributed by atoms with E-state index in [2.05, 4.69) is 15.0 Å². The molecule has 0 unspecified atom stereocenters. The van der Waals surface area contributed by atoms with E-state index in [1.54, 1.807) is 37.4 Å². The summed E-state index contributed by atoms with van der Waals surface area (Å²) >= 11 is 6.30. The van der Waals surface area contributed by atoms with E-state index in [0.29, 0.717) is 34.5 Å². The Kier molecular flexibility index (Phi) is 6.67. The standard InChI is InChI=1S/C22H19ClFN3O2/c1-14(9-15(2)28)3-4-16-5-8-21(25-11-16)29-20-7-6-17(10-19(20)23)22-26-12-18(24)13-27-22/h3-8,10-14H,9H2,1-2H3/b4-3+/t14-/m0/s1. The Morgan fingerprint density at radius 1 is 1.17 bits per heavy atom. The van der Waals surface area contributed by atoms with Gasteiger partial charge in [-0.3, -0.25) is 0 Å². The molecule has 0 aliphatic heterocycles. The predicted molar refractivity (Wildman–Crippen MR) is 110 cm³/mol. The minimum absolute atomic E-state index is 0.165. The molecule has 0 aliphatic rings. The van der Waals surface area contributed by atoms with Crippen molar-refractivity contribution in [2.75, 3.05) is 0 Å². The Bertz CT molecular complexity index is 1020. The second-order valence-electron chi connectivity index (χ2n) is 6.64. The van der Waals surface area contributed by atoms with Crippen molar-refractivity contribution in [3.05, 3.63) is 71.4 Å². The molecule has 148 valence electrons. The molecule has 3 rings (SSSR count). The summed E-state index contributed by atoms with van der Waals surface area (Å²) < 4.78 is 18.7. The smallest absolute Gasteiger partial charge is 0.219 e. The van der Waals surface area contributed by atoms with Gasteiger partial charge in [0, 0.05) is 24.2 Å². The molecule has 7 heteroatoms. The zero-order valence-electron chi connectivity index (χ0n) is 16.0. The largest absolute Gasteiger partial charge is 0.437 e. The molecular formula is C22H19ClFN3O2. The fourth-order valence-electron chi connectivity index (χ4n) is 2.64. The highest BCUT2D eigenvalue weighted by Gasteiger charge is 2.09. The van der Waals surface area contributed by atoms with Crippen molar-refractivity contribution in [1.29, 1.82) is 0 Å². The first kappa shape index (κ1) is 20.6. The van der Waals surface area contributed by atoms with Crippen molar-refractivity contribution in [3.8, 4) is 23.0 Å². The third kappa shape index (κ3) is 5.93. The number of ketones is 1. The Morgan fingerprint density at radius 3 is 2.55 bits per heavy atom. The maximum Gasteiger partial charge on any atom is 0.219 e. The molecule has 0 aliphatic carbocycles. The van der Waals surface area contributed by atoms with E-state index in [-0.39, 0.29) is 11.7 Å². The molecular weight excluding hydrogens is 393 g/mol. The zero-order valence-corrected chi connectivity index (χ0v) is 16.7. The van der Waals surface area contributed by atoms with Gasteiger partial charge in [0.05, 0.1) is 17.4 Å². The highest BCUT2D eigenvalue weighted by molar-refractivity contribution is 6.32. The molecule has 0 amide bonds. The van der Waals surface area contributed by atoms with Crippen molar-refractivity contribution >= 4 is 23.5 Å². The van der Waals surface area contributed by atoms with Gasteiger partial charge < -0.3 is 9.53 Å². The van der Waals surface area contributed by atoms with E-state index in [0.717, 1.165) is 18.0 Å². The number of allylic oxidation sites excluding steroid dienone is 1. The van der Waals surface area contributed by atoms with Gasteiger partial charge in [-0.15, -0.1) is 0 Å². The summed E-state index contributed by atoms with van der Waals surface area (Å²) in [5, 5.41) is 0.360.